The molecular weight excluding hydrogens is 374 g/mol. The molecular formula is C17H19N3O2S3. The van der Waals surface area contributed by atoms with Gasteiger partial charge in [-0.05, 0) is 31.5 Å². The highest BCUT2D eigenvalue weighted by Gasteiger charge is 2.26. The molecule has 1 aliphatic heterocycles. The minimum atomic E-state index is -3.64. The SMILES string of the molecule is CSc1c(S(=O)(=O)c2cccc(N3CCN(C)CC3)c2)csc1C#N. The average molecular weight is 394 g/mol. The van der Waals surface area contributed by atoms with Crippen LogP contribution in [0.15, 0.2) is 44.3 Å². The number of hydrogen-bond acceptors (Lipinski definition) is 7. The molecule has 8 heteroatoms. The molecule has 3 rings (SSSR count). The Morgan fingerprint density at radius 3 is 2.60 bits per heavy atom. The number of hydrogen-bond donors (Lipinski definition) is 0. The van der Waals surface area contributed by atoms with E-state index < -0.39 is 9.84 Å². The molecule has 1 aliphatic rings. The Hall–Kier alpha value is -1.53. The molecule has 0 bridgehead atoms. The van der Waals surface area contributed by atoms with E-state index in [-0.39, 0.29) is 9.79 Å². The van der Waals surface area contributed by atoms with Crippen molar-refractivity contribution in [2.75, 3.05) is 44.4 Å². The lowest BCUT2D eigenvalue weighted by atomic mass is 10.2. The van der Waals surface area contributed by atoms with Crippen LogP contribution in [-0.2, 0) is 9.84 Å². The molecule has 0 radical (unpaired) electrons. The van der Waals surface area contributed by atoms with Crippen molar-refractivity contribution >= 4 is 38.6 Å². The number of rotatable bonds is 4. The van der Waals surface area contributed by atoms with Crippen molar-refractivity contribution in [2.24, 2.45) is 0 Å². The molecule has 0 N–H and O–H groups in total. The van der Waals surface area contributed by atoms with Gasteiger partial charge in [-0.1, -0.05) is 6.07 Å². The first kappa shape index (κ1) is 18.3. The zero-order valence-electron chi connectivity index (χ0n) is 14.1. The second kappa shape index (κ2) is 7.38. The van der Waals surface area contributed by atoms with Gasteiger partial charge in [0.15, 0.2) is 0 Å². The molecule has 0 amide bonds. The van der Waals surface area contributed by atoms with Gasteiger partial charge in [0.2, 0.25) is 9.84 Å². The molecule has 0 saturated carbocycles. The number of nitriles is 1. The summed E-state index contributed by atoms with van der Waals surface area (Å²) in [6.45, 7) is 3.69. The Bertz CT molecular complexity index is 907. The number of benzene rings is 1. The van der Waals surface area contributed by atoms with Gasteiger partial charge in [-0.3, -0.25) is 0 Å². The number of likely N-dealkylation sites (N-methyl/N-ethyl adjacent to an activating group) is 1. The second-order valence-electron chi connectivity index (χ2n) is 5.87. The highest BCUT2D eigenvalue weighted by Crippen LogP contribution is 2.37. The molecule has 1 aromatic heterocycles. The van der Waals surface area contributed by atoms with Crippen LogP contribution in [0.3, 0.4) is 0 Å². The molecule has 1 saturated heterocycles. The molecule has 5 nitrogen and oxygen atoms in total. The summed E-state index contributed by atoms with van der Waals surface area (Å²) in [5, 5.41) is 10.7. The minimum absolute atomic E-state index is 0.233. The van der Waals surface area contributed by atoms with Crippen molar-refractivity contribution in [2.45, 2.75) is 14.7 Å². The van der Waals surface area contributed by atoms with E-state index in [0.29, 0.717) is 9.77 Å². The van der Waals surface area contributed by atoms with Gasteiger partial charge in [-0.2, -0.15) is 5.26 Å². The van der Waals surface area contributed by atoms with E-state index in [1.807, 2.05) is 6.07 Å². The molecule has 0 aliphatic carbocycles. The van der Waals surface area contributed by atoms with E-state index in [1.54, 1.807) is 29.8 Å². The maximum atomic E-state index is 13.1. The van der Waals surface area contributed by atoms with Gasteiger partial charge in [-0.15, -0.1) is 23.1 Å². The fourth-order valence-corrected chi connectivity index (χ4v) is 6.83. The van der Waals surface area contributed by atoms with Crippen LogP contribution in [0.2, 0.25) is 0 Å². The Kier molecular flexibility index (Phi) is 5.39. The van der Waals surface area contributed by atoms with Crippen molar-refractivity contribution < 1.29 is 8.42 Å². The predicted octanol–water partition coefficient (Wildman–Crippen LogP) is 2.93. The molecule has 1 aromatic carbocycles. The van der Waals surface area contributed by atoms with E-state index in [4.69, 9.17) is 0 Å². The molecule has 2 heterocycles. The third kappa shape index (κ3) is 3.55. The normalized spacial score (nSPS) is 16.0. The topological polar surface area (TPSA) is 64.4 Å². The van der Waals surface area contributed by atoms with Crippen molar-refractivity contribution in [3.05, 3.63) is 34.5 Å². The molecule has 132 valence electrons. The van der Waals surface area contributed by atoms with Gasteiger partial charge in [0.1, 0.15) is 10.9 Å². The average Bonchev–Trinajstić information content (AvgIpc) is 3.06. The molecule has 0 atom stereocenters. The first-order valence-corrected chi connectivity index (χ1v) is 11.4. The van der Waals surface area contributed by atoms with E-state index in [1.165, 1.54) is 23.1 Å². The largest absolute Gasteiger partial charge is 0.369 e. The molecule has 2 aromatic rings. The van der Waals surface area contributed by atoms with E-state index in [0.717, 1.165) is 31.9 Å². The summed E-state index contributed by atoms with van der Waals surface area (Å²) in [5.74, 6) is 0. The summed E-state index contributed by atoms with van der Waals surface area (Å²) in [4.78, 5) is 5.97. The third-order valence-corrected chi connectivity index (χ3v) is 8.21. The summed E-state index contributed by atoms with van der Waals surface area (Å²) in [6.07, 6.45) is 1.79. The number of thiophene rings is 1. The zero-order chi connectivity index (χ0) is 18.0. The number of sulfone groups is 1. The fourth-order valence-electron chi connectivity index (χ4n) is 2.83. The molecule has 0 spiro atoms. The lowest BCUT2D eigenvalue weighted by Gasteiger charge is -2.34. The van der Waals surface area contributed by atoms with Gasteiger partial charge < -0.3 is 9.80 Å². The van der Waals surface area contributed by atoms with Crippen LogP contribution in [0.25, 0.3) is 0 Å². The van der Waals surface area contributed by atoms with Crippen molar-refractivity contribution in [3.8, 4) is 6.07 Å². The summed E-state index contributed by atoms with van der Waals surface area (Å²) in [5.41, 5.74) is 0.926. The van der Waals surface area contributed by atoms with Crippen LogP contribution in [0.1, 0.15) is 4.88 Å². The van der Waals surface area contributed by atoms with E-state index in [9.17, 15) is 13.7 Å². The van der Waals surface area contributed by atoms with Crippen LogP contribution in [0, 0.1) is 11.3 Å². The summed E-state index contributed by atoms with van der Waals surface area (Å²) in [7, 11) is -1.55. The zero-order valence-corrected chi connectivity index (χ0v) is 16.5. The number of anilines is 1. The fraction of sp³-hybridized carbons (Fsp3) is 0.353. The molecule has 0 unspecified atom stereocenters. The summed E-state index contributed by atoms with van der Waals surface area (Å²) >= 11 is 2.48. The van der Waals surface area contributed by atoms with Crippen LogP contribution in [-0.4, -0.2) is 52.8 Å². The predicted molar refractivity (Wildman–Crippen MR) is 102 cm³/mol. The smallest absolute Gasteiger partial charge is 0.208 e. The molecule has 25 heavy (non-hydrogen) atoms. The summed E-state index contributed by atoms with van der Waals surface area (Å²) in [6, 6.07) is 9.19. The lowest BCUT2D eigenvalue weighted by Crippen LogP contribution is -2.44. The highest BCUT2D eigenvalue weighted by atomic mass is 32.2. The third-order valence-electron chi connectivity index (χ3n) is 4.31. The Balaban J connectivity index is 1.98. The van der Waals surface area contributed by atoms with E-state index in [2.05, 4.69) is 22.9 Å². The minimum Gasteiger partial charge on any atom is -0.369 e. The molecule has 1 fully saturated rings. The Labute approximate surface area is 156 Å². The first-order valence-electron chi connectivity index (χ1n) is 7.81. The quantitative estimate of drug-likeness (QED) is 0.744. The van der Waals surface area contributed by atoms with Gasteiger partial charge >= 0.3 is 0 Å². The maximum absolute atomic E-state index is 13.1. The number of piperazine rings is 1. The van der Waals surface area contributed by atoms with Crippen LogP contribution < -0.4 is 4.90 Å². The summed E-state index contributed by atoms with van der Waals surface area (Å²) < 4.78 is 26.2. The van der Waals surface area contributed by atoms with Gasteiger partial charge in [0.05, 0.1) is 14.7 Å². The van der Waals surface area contributed by atoms with Gasteiger partial charge in [0, 0.05) is 37.2 Å². The second-order valence-corrected chi connectivity index (χ2v) is 9.48. The van der Waals surface area contributed by atoms with Gasteiger partial charge in [0.25, 0.3) is 0 Å². The number of thioether (sulfide) groups is 1. The van der Waals surface area contributed by atoms with Crippen LogP contribution in [0.4, 0.5) is 5.69 Å². The van der Waals surface area contributed by atoms with Crippen LogP contribution in [0.5, 0.6) is 0 Å². The van der Waals surface area contributed by atoms with Crippen molar-refractivity contribution in [1.29, 1.82) is 5.26 Å². The van der Waals surface area contributed by atoms with Crippen LogP contribution >= 0.6 is 23.1 Å². The Morgan fingerprint density at radius 1 is 1.24 bits per heavy atom. The standard InChI is InChI=1S/C17H19N3O2S3/c1-19-6-8-20(9-7-19)13-4-3-5-14(10-13)25(21,22)16-12-24-15(11-18)17(16)23-2/h3-5,10,12H,6-9H2,1-2H3. The monoisotopic (exact) mass is 393 g/mol. The van der Waals surface area contributed by atoms with Crippen molar-refractivity contribution in [3.63, 3.8) is 0 Å². The first-order chi connectivity index (χ1) is 12.0. The lowest BCUT2D eigenvalue weighted by molar-refractivity contribution is 0.313. The highest BCUT2D eigenvalue weighted by molar-refractivity contribution is 8.00. The van der Waals surface area contributed by atoms with Gasteiger partial charge in [-0.25, -0.2) is 8.42 Å². The number of nitrogens with zero attached hydrogens (tertiary/aromatic N) is 3. The maximum Gasteiger partial charge on any atom is 0.208 e. The Morgan fingerprint density at radius 2 is 1.96 bits per heavy atom. The van der Waals surface area contributed by atoms with Crippen molar-refractivity contribution in [1.82, 2.24) is 4.90 Å². The van der Waals surface area contributed by atoms with E-state index >= 15 is 0 Å².